The molecule has 2 saturated heterocycles. The zero-order chi connectivity index (χ0) is 14.5. The molecule has 0 spiro atoms. The number of carbonyl (C=O) groups excluding carboxylic acids is 1. The number of halogens is 2. The van der Waals surface area contributed by atoms with E-state index in [0.717, 1.165) is 38.3 Å². The summed E-state index contributed by atoms with van der Waals surface area (Å²) in [5.41, 5.74) is 0. The van der Waals surface area contributed by atoms with Crippen molar-refractivity contribution in [3.05, 3.63) is 24.4 Å². The summed E-state index contributed by atoms with van der Waals surface area (Å²) in [7, 11) is 0. The van der Waals surface area contributed by atoms with Crippen LogP contribution in [-0.2, 0) is 9.53 Å². The van der Waals surface area contributed by atoms with Crippen molar-refractivity contribution < 1.29 is 9.53 Å². The van der Waals surface area contributed by atoms with Crippen LogP contribution in [0.15, 0.2) is 24.4 Å². The van der Waals surface area contributed by atoms with Crippen molar-refractivity contribution in [1.29, 1.82) is 0 Å². The van der Waals surface area contributed by atoms with Gasteiger partial charge in [-0.15, -0.1) is 24.8 Å². The summed E-state index contributed by atoms with van der Waals surface area (Å²) in [4.78, 5) is 18.8. The number of hydrogen-bond donors (Lipinski definition) is 2. The Labute approximate surface area is 149 Å². The van der Waals surface area contributed by atoms with Crippen LogP contribution in [0.5, 0.6) is 0 Å². The molecule has 0 saturated carbocycles. The van der Waals surface area contributed by atoms with E-state index in [9.17, 15) is 4.79 Å². The maximum absolute atomic E-state index is 12.1. The molecule has 2 aliphatic rings. The number of nitrogens with zero attached hydrogens (tertiary/aromatic N) is 2. The first-order valence-electron chi connectivity index (χ1n) is 7.60. The third kappa shape index (κ3) is 5.49. The van der Waals surface area contributed by atoms with Crippen LogP contribution in [-0.4, -0.2) is 55.8 Å². The van der Waals surface area contributed by atoms with Gasteiger partial charge in [0.2, 0.25) is 5.91 Å². The van der Waals surface area contributed by atoms with Crippen LogP contribution in [0.2, 0.25) is 0 Å². The summed E-state index contributed by atoms with van der Waals surface area (Å²) >= 11 is 0. The Morgan fingerprint density at radius 3 is 2.70 bits per heavy atom. The maximum Gasteiger partial charge on any atom is 0.239 e. The van der Waals surface area contributed by atoms with Crippen molar-refractivity contribution in [2.45, 2.75) is 24.9 Å². The lowest BCUT2D eigenvalue weighted by molar-refractivity contribution is -0.126. The average Bonchev–Trinajstić information content (AvgIpc) is 2.57. The van der Waals surface area contributed by atoms with E-state index in [0.29, 0.717) is 13.2 Å². The lowest BCUT2D eigenvalue weighted by Gasteiger charge is -2.34. The molecule has 6 nitrogen and oxygen atoms in total. The van der Waals surface area contributed by atoms with Crippen LogP contribution in [0.1, 0.15) is 12.8 Å². The van der Waals surface area contributed by atoms with E-state index < -0.39 is 0 Å². The molecule has 2 N–H and O–H groups in total. The summed E-state index contributed by atoms with van der Waals surface area (Å²) < 4.78 is 5.33. The van der Waals surface area contributed by atoms with Gasteiger partial charge in [0.15, 0.2) is 0 Å². The van der Waals surface area contributed by atoms with Gasteiger partial charge in [-0.1, -0.05) is 6.07 Å². The van der Waals surface area contributed by atoms with Crippen LogP contribution in [0.4, 0.5) is 5.82 Å². The van der Waals surface area contributed by atoms with Gasteiger partial charge < -0.3 is 20.3 Å². The molecule has 2 fully saturated rings. The largest absolute Gasteiger partial charge is 0.378 e. The second-order valence-electron chi connectivity index (χ2n) is 5.54. The minimum absolute atomic E-state index is 0. The molecule has 1 unspecified atom stereocenters. The third-order valence-corrected chi connectivity index (χ3v) is 4.05. The Morgan fingerprint density at radius 2 is 2.09 bits per heavy atom. The summed E-state index contributed by atoms with van der Waals surface area (Å²) in [6.07, 6.45) is 3.73. The predicted molar refractivity (Wildman–Crippen MR) is 94.7 cm³/mol. The summed E-state index contributed by atoms with van der Waals surface area (Å²) in [6, 6.07) is 6.01. The predicted octanol–water partition coefficient (Wildman–Crippen LogP) is 0.999. The summed E-state index contributed by atoms with van der Waals surface area (Å²) in [5.74, 6) is 1.08. The normalized spacial score (nSPS) is 21.7. The molecule has 0 radical (unpaired) electrons. The first-order chi connectivity index (χ1) is 10.3. The third-order valence-electron chi connectivity index (χ3n) is 4.05. The zero-order valence-electron chi connectivity index (χ0n) is 12.9. The minimum atomic E-state index is -0.201. The molecule has 130 valence electrons. The number of morpholine rings is 1. The highest BCUT2D eigenvalue weighted by Crippen LogP contribution is 2.17. The molecule has 1 aromatic rings. The topological polar surface area (TPSA) is 66.5 Å². The SMILES string of the molecule is Cl.Cl.O=C(NC1CCN(c2ccccn2)CC1)C1COCCN1. The number of anilines is 1. The number of pyridine rings is 1. The molecule has 3 rings (SSSR count). The van der Waals surface area contributed by atoms with E-state index in [-0.39, 0.29) is 42.8 Å². The molecule has 0 aromatic carbocycles. The van der Waals surface area contributed by atoms with E-state index in [1.807, 2.05) is 24.4 Å². The number of ether oxygens (including phenoxy) is 1. The molecule has 1 atom stereocenters. The monoisotopic (exact) mass is 362 g/mol. The van der Waals surface area contributed by atoms with Crippen LogP contribution < -0.4 is 15.5 Å². The first kappa shape index (κ1) is 20.0. The van der Waals surface area contributed by atoms with Gasteiger partial charge in [-0.05, 0) is 25.0 Å². The Balaban J connectivity index is 0.00000132. The minimum Gasteiger partial charge on any atom is -0.378 e. The lowest BCUT2D eigenvalue weighted by atomic mass is 10.0. The number of amides is 1. The van der Waals surface area contributed by atoms with Gasteiger partial charge in [-0.2, -0.15) is 0 Å². The Bertz CT molecular complexity index is 464. The number of nitrogens with one attached hydrogen (secondary N) is 2. The fraction of sp³-hybridized carbons (Fsp3) is 0.600. The highest BCUT2D eigenvalue weighted by atomic mass is 35.5. The average molecular weight is 363 g/mol. The second kappa shape index (κ2) is 9.93. The van der Waals surface area contributed by atoms with Gasteiger partial charge in [0, 0.05) is 31.9 Å². The first-order valence-corrected chi connectivity index (χ1v) is 7.60. The van der Waals surface area contributed by atoms with Crippen molar-refractivity contribution >= 4 is 36.5 Å². The highest BCUT2D eigenvalue weighted by molar-refractivity contribution is 5.85. The van der Waals surface area contributed by atoms with Crippen LogP contribution in [0.3, 0.4) is 0 Å². The maximum atomic E-state index is 12.1. The van der Waals surface area contributed by atoms with Gasteiger partial charge in [-0.25, -0.2) is 4.98 Å². The molecule has 0 bridgehead atoms. The quantitative estimate of drug-likeness (QED) is 0.839. The van der Waals surface area contributed by atoms with E-state index in [1.165, 1.54) is 0 Å². The number of carbonyl (C=O) groups is 1. The fourth-order valence-electron chi connectivity index (χ4n) is 2.83. The van der Waals surface area contributed by atoms with Gasteiger partial charge in [0.25, 0.3) is 0 Å². The van der Waals surface area contributed by atoms with E-state index >= 15 is 0 Å². The lowest BCUT2D eigenvalue weighted by Crippen LogP contribution is -2.55. The van der Waals surface area contributed by atoms with Gasteiger partial charge in [0.05, 0.1) is 13.2 Å². The van der Waals surface area contributed by atoms with Crippen molar-refractivity contribution in [3.63, 3.8) is 0 Å². The molecule has 0 aliphatic carbocycles. The number of aromatic nitrogens is 1. The van der Waals surface area contributed by atoms with Crippen molar-refractivity contribution in [2.24, 2.45) is 0 Å². The molecule has 3 heterocycles. The van der Waals surface area contributed by atoms with E-state index in [4.69, 9.17) is 4.74 Å². The van der Waals surface area contributed by atoms with Gasteiger partial charge in [-0.3, -0.25) is 4.79 Å². The molecule has 2 aliphatic heterocycles. The molecular formula is C15H24Cl2N4O2. The van der Waals surface area contributed by atoms with Crippen LogP contribution in [0.25, 0.3) is 0 Å². The summed E-state index contributed by atoms with van der Waals surface area (Å²) in [6.45, 7) is 3.76. The van der Waals surface area contributed by atoms with Crippen LogP contribution >= 0.6 is 24.8 Å². The van der Waals surface area contributed by atoms with E-state index in [2.05, 4.69) is 20.5 Å². The Morgan fingerprint density at radius 1 is 1.30 bits per heavy atom. The molecule has 23 heavy (non-hydrogen) atoms. The molecule has 1 aromatic heterocycles. The van der Waals surface area contributed by atoms with E-state index in [1.54, 1.807) is 0 Å². The van der Waals surface area contributed by atoms with Crippen molar-refractivity contribution in [3.8, 4) is 0 Å². The smallest absolute Gasteiger partial charge is 0.239 e. The van der Waals surface area contributed by atoms with Gasteiger partial charge in [0.1, 0.15) is 11.9 Å². The second-order valence-corrected chi connectivity index (χ2v) is 5.54. The Hall–Kier alpha value is -1.08. The van der Waals surface area contributed by atoms with Crippen molar-refractivity contribution in [1.82, 2.24) is 15.6 Å². The zero-order valence-corrected chi connectivity index (χ0v) is 14.6. The van der Waals surface area contributed by atoms with Crippen LogP contribution in [0, 0.1) is 0 Å². The molecular weight excluding hydrogens is 339 g/mol. The fourth-order valence-corrected chi connectivity index (χ4v) is 2.83. The standard InChI is InChI=1S/C15H22N4O2.2ClH/c20-15(13-11-21-10-7-16-13)18-12-4-8-19(9-5-12)14-3-1-2-6-17-14;;/h1-3,6,12-13,16H,4-5,7-11H2,(H,18,20);2*1H. The number of hydrogen-bond acceptors (Lipinski definition) is 5. The van der Waals surface area contributed by atoms with Gasteiger partial charge >= 0.3 is 0 Å². The van der Waals surface area contributed by atoms with Crippen molar-refractivity contribution in [2.75, 3.05) is 37.7 Å². The number of rotatable bonds is 3. The Kier molecular flexibility index (Phi) is 8.62. The summed E-state index contributed by atoms with van der Waals surface area (Å²) in [5, 5.41) is 6.32. The molecule has 1 amide bonds. The highest BCUT2D eigenvalue weighted by Gasteiger charge is 2.26. The molecule has 8 heteroatoms. The number of piperidine rings is 1.